The molecule has 5 aliphatic rings. The molecule has 186 valence electrons. The number of carbonyl (C=O) groups is 1. The van der Waals surface area contributed by atoms with Gasteiger partial charge in [-0.25, -0.2) is 13.6 Å². The van der Waals surface area contributed by atoms with E-state index in [2.05, 4.69) is 26.7 Å². The van der Waals surface area contributed by atoms with Crippen LogP contribution in [-0.2, 0) is 4.74 Å². The molecule has 5 aliphatic heterocycles. The standard InChI is InChI=1S/C26H23ClF2N4O2S/c1-14(28)7-17-8-16(11-30-17)22-20-10-26(13-35-25(34)32-26)12-33(20)24(21-3-2-6-36-21)31-23(22)15-4-5-18(27)19(29)9-15/h2,4-9,11,14,21,23H,3,10,12-13H2,1H3,(H,32,34)/b17-7-/t14?,21?,23-,26-/m0/s1. The number of hydrogen-bond donors (Lipinski definition) is 1. The van der Waals surface area contributed by atoms with Gasteiger partial charge >= 0.3 is 6.09 Å². The summed E-state index contributed by atoms with van der Waals surface area (Å²) in [6.07, 6.45) is 6.86. The molecular formula is C26H23ClF2N4O2S. The number of benzene rings is 1. The van der Waals surface area contributed by atoms with E-state index in [1.807, 2.05) is 6.08 Å². The maximum atomic E-state index is 14.6. The summed E-state index contributed by atoms with van der Waals surface area (Å²) >= 11 is 7.69. The Balaban J connectivity index is 1.53. The van der Waals surface area contributed by atoms with Gasteiger partial charge in [0, 0.05) is 29.5 Å². The van der Waals surface area contributed by atoms with Crippen molar-refractivity contribution in [1.29, 1.82) is 0 Å². The van der Waals surface area contributed by atoms with Crippen LogP contribution in [0, 0.1) is 5.82 Å². The van der Waals surface area contributed by atoms with Crippen LogP contribution >= 0.6 is 23.4 Å². The van der Waals surface area contributed by atoms with Gasteiger partial charge in [0.05, 0.1) is 22.5 Å². The molecule has 36 heavy (non-hydrogen) atoms. The molecule has 0 radical (unpaired) electrons. The second-order valence-corrected chi connectivity index (χ2v) is 11.0. The Morgan fingerprint density at radius 2 is 2.28 bits per heavy atom. The lowest BCUT2D eigenvalue weighted by Gasteiger charge is -2.35. The van der Waals surface area contributed by atoms with Crippen LogP contribution in [0.1, 0.15) is 31.4 Å². The Morgan fingerprint density at radius 1 is 1.42 bits per heavy atom. The van der Waals surface area contributed by atoms with Gasteiger partial charge in [-0.1, -0.05) is 23.7 Å². The molecule has 4 atom stereocenters. The average molecular weight is 529 g/mol. The minimum Gasteiger partial charge on any atom is -0.447 e. The SMILES string of the molecule is CC(F)/C=C1/C=C(C2=C3C[C@@]4(COC(=O)N4)CN3C(C3CC=CS3)=N[C@H]2c2ccc(Cl)c(F)c2)C=N1. The number of alkyl carbamates (subject to hydrolysis) is 1. The van der Waals surface area contributed by atoms with E-state index >= 15 is 0 Å². The van der Waals surface area contributed by atoms with Crippen molar-refractivity contribution in [3.63, 3.8) is 0 Å². The number of alkyl halides is 1. The number of carbonyl (C=O) groups excluding carboxylic acids is 1. The minimum absolute atomic E-state index is 0.0413. The number of amides is 1. The highest BCUT2D eigenvalue weighted by Gasteiger charge is 2.52. The molecule has 0 aliphatic carbocycles. The maximum Gasteiger partial charge on any atom is 0.407 e. The molecule has 1 spiro atoms. The molecule has 10 heteroatoms. The first kappa shape index (κ1) is 23.5. The van der Waals surface area contributed by atoms with Gasteiger partial charge in [0.1, 0.15) is 36.0 Å². The lowest BCUT2D eigenvalue weighted by Crippen LogP contribution is -2.48. The number of nitrogens with one attached hydrogen (secondary N) is 1. The summed E-state index contributed by atoms with van der Waals surface area (Å²) in [5, 5.41) is 5.22. The summed E-state index contributed by atoms with van der Waals surface area (Å²) in [7, 11) is 0. The van der Waals surface area contributed by atoms with Gasteiger partial charge in [-0.05, 0) is 48.6 Å². The van der Waals surface area contributed by atoms with Gasteiger partial charge in [0.2, 0.25) is 0 Å². The van der Waals surface area contributed by atoms with Crippen molar-refractivity contribution in [3.05, 3.63) is 80.8 Å². The number of amidine groups is 1. The molecule has 2 fully saturated rings. The van der Waals surface area contributed by atoms with Crippen molar-refractivity contribution in [2.75, 3.05) is 13.2 Å². The predicted octanol–water partition coefficient (Wildman–Crippen LogP) is 5.64. The summed E-state index contributed by atoms with van der Waals surface area (Å²) in [5.41, 5.74) is 3.21. The van der Waals surface area contributed by atoms with Gasteiger partial charge in [-0.3, -0.25) is 9.98 Å². The largest absolute Gasteiger partial charge is 0.447 e. The van der Waals surface area contributed by atoms with Crippen LogP contribution in [0.15, 0.2) is 74.4 Å². The minimum atomic E-state index is -1.15. The van der Waals surface area contributed by atoms with Crippen LogP contribution in [0.5, 0.6) is 0 Å². The molecule has 1 aromatic rings. The number of thioether (sulfide) groups is 1. The van der Waals surface area contributed by atoms with Crippen LogP contribution in [0.2, 0.25) is 5.02 Å². The lowest BCUT2D eigenvalue weighted by atomic mass is 9.88. The Morgan fingerprint density at radius 3 is 2.97 bits per heavy atom. The van der Waals surface area contributed by atoms with Gasteiger partial charge in [-0.2, -0.15) is 0 Å². The molecule has 2 saturated heterocycles. The van der Waals surface area contributed by atoms with Gasteiger partial charge in [0.25, 0.3) is 0 Å². The second kappa shape index (κ2) is 8.88. The summed E-state index contributed by atoms with van der Waals surface area (Å²) in [4.78, 5) is 23.8. The molecule has 1 amide bonds. The number of halogens is 3. The number of allylic oxidation sites excluding steroid dienone is 3. The smallest absolute Gasteiger partial charge is 0.407 e. The first-order valence-corrected chi connectivity index (χ1v) is 13.0. The molecule has 5 heterocycles. The van der Waals surface area contributed by atoms with E-state index < -0.39 is 29.7 Å². The molecule has 0 aromatic heterocycles. The van der Waals surface area contributed by atoms with Crippen molar-refractivity contribution < 1.29 is 18.3 Å². The van der Waals surface area contributed by atoms with Gasteiger partial charge in [-0.15, -0.1) is 11.8 Å². The molecule has 1 N–H and O–H groups in total. The molecule has 0 saturated carbocycles. The third-order valence-electron chi connectivity index (χ3n) is 6.87. The fourth-order valence-electron chi connectivity index (χ4n) is 5.34. The summed E-state index contributed by atoms with van der Waals surface area (Å²) in [6.45, 7) is 2.22. The summed E-state index contributed by atoms with van der Waals surface area (Å²) < 4.78 is 33.6. The maximum absolute atomic E-state index is 14.6. The molecule has 0 bridgehead atoms. The van der Waals surface area contributed by atoms with E-state index in [0.29, 0.717) is 24.2 Å². The van der Waals surface area contributed by atoms with Crippen molar-refractivity contribution >= 4 is 41.5 Å². The number of fused-ring (bicyclic) bond motifs is 1. The zero-order chi connectivity index (χ0) is 25.0. The number of nitrogens with zero attached hydrogens (tertiary/aromatic N) is 3. The van der Waals surface area contributed by atoms with Crippen LogP contribution in [0.4, 0.5) is 13.6 Å². The molecule has 6 rings (SSSR count). The van der Waals surface area contributed by atoms with Crippen LogP contribution in [-0.4, -0.2) is 53.2 Å². The van der Waals surface area contributed by atoms with E-state index in [1.165, 1.54) is 25.1 Å². The van der Waals surface area contributed by atoms with Gasteiger partial charge in [0.15, 0.2) is 0 Å². The number of rotatable bonds is 4. The summed E-state index contributed by atoms with van der Waals surface area (Å²) in [6, 6.07) is 4.22. The van der Waals surface area contributed by atoms with Crippen LogP contribution < -0.4 is 5.32 Å². The molecular weight excluding hydrogens is 506 g/mol. The molecule has 6 nitrogen and oxygen atoms in total. The number of ether oxygens (including phenoxy) is 1. The van der Waals surface area contributed by atoms with E-state index in [9.17, 15) is 13.6 Å². The third-order valence-corrected chi connectivity index (χ3v) is 8.25. The number of hydrogen-bond acceptors (Lipinski definition) is 6. The fourth-order valence-corrected chi connectivity index (χ4v) is 6.40. The number of aliphatic imine (C=N–C) groups is 2. The van der Waals surface area contributed by atoms with E-state index in [-0.39, 0.29) is 16.9 Å². The quantitative estimate of drug-likeness (QED) is 0.549. The monoisotopic (exact) mass is 528 g/mol. The van der Waals surface area contributed by atoms with E-state index in [0.717, 1.165) is 29.1 Å². The highest BCUT2D eigenvalue weighted by atomic mass is 35.5. The predicted molar refractivity (Wildman–Crippen MR) is 138 cm³/mol. The average Bonchev–Trinajstić information content (AvgIpc) is 3.63. The number of cyclic esters (lactones) is 1. The van der Waals surface area contributed by atoms with Crippen molar-refractivity contribution in [3.8, 4) is 0 Å². The Kier molecular flexibility index (Phi) is 5.80. The Hall–Kier alpha value is -2.91. The van der Waals surface area contributed by atoms with E-state index in [4.69, 9.17) is 21.3 Å². The molecule has 1 aromatic carbocycles. The second-order valence-electron chi connectivity index (χ2n) is 9.53. The van der Waals surface area contributed by atoms with Crippen LogP contribution in [0.25, 0.3) is 0 Å². The first-order chi connectivity index (χ1) is 17.3. The Labute approximate surface area is 216 Å². The highest BCUT2D eigenvalue weighted by molar-refractivity contribution is 8.03. The van der Waals surface area contributed by atoms with E-state index in [1.54, 1.807) is 24.0 Å². The topological polar surface area (TPSA) is 66.3 Å². The van der Waals surface area contributed by atoms with Crippen molar-refractivity contribution in [2.24, 2.45) is 9.98 Å². The fraction of sp³-hybridized carbons (Fsp3) is 0.346. The van der Waals surface area contributed by atoms with Crippen molar-refractivity contribution in [1.82, 2.24) is 10.2 Å². The van der Waals surface area contributed by atoms with Crippen LogP contribution in [0.3, 0.4) is 0 Å². The summed E-state index contributed by atoms with van der Waals surface area (Å²) in [5.74, 6) is 0.362. The molecule has 2 unspecified atom stereocenters. The zero-order valence-electron chi connectivity index (χ0n) is 19.4. The normalized spacial score (nSPS) is 30.7. The van der Waals surface area contributed by atoms with Crippen molar-refractivity contribution in [2.45, 2.75) is 42.8 Å². The lowest BCUT2D eigenvalue weighted by molar-refractivity contribution is 0.173. The highest BCUT2D eigenvalue weighted by Crippen LogP contribution is 2.48. The first-order valence-electron chi connectivity index (χ1n) is 11.7. The third kappa shape index (κ3) is 4.08. The zero-order valence-corrected chi connectivity index (χ0v) is 21.0. The van der Waals surface area contributed by atoms with Gasteiger partial charge < -0.3 is 15.0 Å². The Bertz CT molecular complexity index is 1330.